The van der Waals surface area contributed by atoms with Crippen LogP contribution in [0.2, 0.25) is 0 Å². The van der Waals surface area contributed by atoms with E-state index in [4.69, 9.17) is 19.7 Å². The summed E-state index contributed by atoms with van der Waals surface area (Å²) in [5.74, 6) is -1.28. The Balaban J connectivity index is 0.000000491. The van der Waals surface area contributed by atoms with Crippen molar-refractivity contribution >= 4 is 18.1 Å². The number of carbonyl (C=O) groups excluding carboxylic acids is 2. The number of carbonyl (C=O) groups is 3. The van der Waals surface area contributed by atoms with E-state index in [1.54, 1.807) is 60.7 Å². The molecule has 2 aromatic rings. The fourth-order valence-corrected chi connectivity index (χ4v) is 1.35. The molecule has 108 valence electrons. The summed E-state index contributed by atoms with van der Waals surface area (Å²) in [5.41, 5.74) is 0.716. The summed E-state index contributed by atoms with van der Waals surface area (Å²) in [7, 11) is 0. The zero-order valence-electron chi connectivity index (χ0n) is 10.8. The first-order valence-electron chi connectivity index (χ1n) is 5.79. The molecule has 0 unspecified atom stereocenters. The van der Waals surface area contributed by atoms with Crippen molar-refractivity contribution in [1.82, 2.24) is 0 Å². The molecule has 6 heteroatoms. The standard InChI is InChI=1S/C14H10O3.CH2O3/c15-13(11-7-3-1-4-8-11)17-14(16)12-9-5-2-6-10-12;2-1(3)4/h1-10H;(H2,2,3,4). The molecule has 0 heterocycles. The van der Waals surface area contributed by atoms with Gasteiger partial charge in [-0.15, -0.1) is 0 Å². The van der Waals surface area contributed by atoms with Crippen LogP contribution in [0.3, 0.4) is 0 Å². The van der Waals surface area contributed by atoms with E-state index in [1.165, 1.54) is 0 Å². The Morgan fingerprint density at radius 2 is 0.952 bits per heavy atom. The zero-order valence-corrected chi connectivity index (χ0v) is 10.8. The highest BCUT2D eigenvalue weighted by Gasteiger charge is 2.13. The van der Waals surface area contributed by atoms with Crippen LogP contribution in [-0.4, -0.2) is 28.3 Å². The highest BCUT2D eigenvalue weighted by atomic mass is 16.6. The molecule has 0 radical (unpaired) electrons. The van der Waals surface area contributed by atoms with Crippen molar-refractivity contribution in [2.24, 2.45) is 0 Å². The highest BCUT2D eigenvalue weighted by molar-refractivity contribution is 6.02. The summed E-state index contributed by atoms with van der Waals surface area (Å²) in [6, 6.07) is 16.8. The Morgan fingerprint density at radius 3 is 1.24 bits per heavy atom. The van der Waals surface area contributed by atoms with E-state index in [0.29, 0.717) is 11.1 Å². The number of hydrogen-bond acceptors (Lipinski definition) is 4. The lowest BCUT2D eigenvalue weighted by Gasteiger charge is -2.02. The second-order valence-electron chi connectivity index (χ2n) is 3.69. The van der Waals surface area contributed by atoms with Gasteiger partial charge in [-0.3, -0.25) is 0 Å². The first kappa shape index (κ1) is 15.9. The smallest absolute Gasteiger partial charge is 0.450 e. The second-order valence-corrected chi connectivity index (χ2v) is 3.69. The van der Waals surface area contributed by atoms with E-state index in [9.17, 15) is 9.59 Å². The van der Waals surface area contributed by atoms with E-state index in [-0.39, 0.29) is 0 Å². The van der Waals surface area contributed by atoms with Crippen LogP contribution in [0.5, 0.6) is 0 Å². The van der Waals surface area contributed by atoms with Gasteiger partial charge >= 0.3 is 18.1 Å². The molecular weight excluding hydrogens is 276 g/mol. The number of benzene rings is 2. The lowest BCUT2D eigenvalue weighted by molar-refractivity contribution is 0.0397. The van der Waals surface area contributed by atoms with Crippen molar-refractivity contribution in [3.05, 3.63) is 71.8 Å². The van der Waals surface area contributed by atoms with Gasteiger partial charge < -0.3 is 14.9 Å². The minimum atomic E-state index is -1.83. The van der Waals surface area contributed by atoms with Gasteiger partial charge in [0.05, 0.1) is 11.1 Å². The van der Waals surface area contributed by atoms with Crippen LogP contribution in [0.25, 0.3) is 0 Å². The predicted octanol–water partition coefficient (Wildman–Crippen LogP) is 2.91. The van der Waals surface area contributed by atoms with Crippen molar-refractivity contribution in [3.63, 3.8) is 0 Å². The maximum Gasteiger partial charge on any atom is 0.503 e. The summed E-state index contributed by atoms with van der Waals surface area (Å²) < 4.78 is 4.74. The summed E-state index contributed by atoms with van der Waals surface area (Å²) in [6.45, 7) is 0. The molecule has 0 aliphatic heterocycles. The molecule has 0 amide bonds. The summed E-state index contributed by atoms with van der Waals surface area (Å²) in [4.78, 5) is 31.7. The van der Waals surface area contributed by atoms with Crippen molar-refractivity contribution in [3.8, 4) is 0 Å². The average Bonchev–Trinajstić information content (AvgIpc) is 2.48. The van der Waals surface area contributed by atoms with Crippen LogP contribution in [-0.2, 0) is 4.74 Å². The predicted molar refractivity (Wildman–Crippen MR) is 73.3 cm³/mol. The Hall–Kier alpha value is -3.15. The van der Waals surface area contributed by atoms with Gasteiger partial charge in [-0.1, -0.05) is 36.4 Å². The van der Waals surface area contributed by atoms with Crippen LogP contribution in [0, 0.1) is 0 Å². The van der Waals surface area contributed by atoms with E-state index < -0.39 is 18.1 Å². The fourth-order valence-electron chi connectivity index (χ4n) is 1.35. The van der Waals surface area contributed by atoms with E-state index in [2.05, 4.69) is 0 Å². The van der Waals surface area contributed by atoms with Crippen molar-refractivity contribution in [2.75, 3.05) is 0 Å². The quantitative estimate of drug-likeness (QED) is 0.651. The molecule has 2 rings (SSSR count). The first-order chi connectivity index (χ1) is 10.0. The largest absolute Gasteiger partial charge is 0.503 e. The molecule has 21 heavy (non-hydrogen) atoms. The van der Waals surface area contributed by atoms with Gasteiger partial charge in [0.15, 0.2) is 0 Å². The first-order valence-corrected chi connectivity index (χ1v) is 5.79. The van der Waals surface area contributed by atoms with E-state index in [0.717, 1.165) is 0 Å². The third-order valence-corrected chi connectivity index (χ3v) is 2.20. The number of hydrogen-bond donors (Lipinski definition) is 2. The van der Waals surface area contributed by atoms with Crippen LogP contribution in [0.4, 0.5) is 4.79 Å². The molecular formula is C15H12O6. The van der Waals surface area contributed by atoms with Gasteiger partial charge in [0, 0.05) is 0 Å². The summed E-state index contributed by atoms with van der Waals surface area (Å²) in [6.07, 6.45) is -1.83. The number of esters is 2. The minimum absolute atomic E-state index is 0.358. The molecule has 2 N–H and O–H groups in total. The highest BCUT2D eigenvalue weighted by Crippen LogP contribution is 2.05. The third-order valence-electron chi connectivity index (χ3n) is 2.20. The normalized spacial score (nSPS) is 8.95. The number of rotatable bonds is 2. The molecule has 0 saturated heterocycles. The number of ether oxygens (including phenoxy) is 1. The summed E-state index contributed by atoms with van der Waals surface area (Å²) in [5, 5.41) is 13.9. The molecule has 2 aromatic carbocycles. The van der Waals surface area contributed by atoms with Crippen molar-refractivity contribution < 1.29 is 29.3 Å². The molecule has 0 bridgehead atoms. The lowest BCUT2D eigenvalue weighted by Crippen LogP contribution is -2.12. The summed E-state index contributed by atoms with van der Waals surface area (Å²) >= 11 is 0. The maximum absolute atomic E-state index is 11.6. The maximum atomic E-state index is 11.6. The topological polar surface area (TPSA) is 101 Å². The van der Waals surface area contributed by atoms with Crippen LogP contribution < -0.4 is 0 Å². The Morgan fingerprint density at radius 1 is 0.667 bits per heavy atom. The molecule has 0 spiro atoms. The minimum Gasteiger partial charge on any atom is -0.450 e. The van der Waals surface area contributed by atoms with Gasteiger partial charge in [-0.25, -0.2) is 14.4 Å². The molecule has 0 fully saturated rings. The Bertz CT molecular complexity index is 553. The molecule has 6 nitrogen and oxygen atoms in total. The van der Waals surface area contributed by atoms with Crippen LogP contribution >= 0.6 is 0 Å². The van der Waals surface area contributed by atoms with Gasteiger partial charge in [0.25, 0.3) is 0 Å². The van der Waals surface area contributed by atoms with E-state index in [1.807, 2.05) is 0 Å². The van der Waals surface area contributed by atoms with Crippen molar-refractivity contribution in [2.45, 2.75) is 0 Å². The SMILES string of the molecule is O=C(O)O.O=C(OC(=O)c1ccccc1)c1ccccc1. The monoisotopic (exact) mass is 288 g/mol. The molecule has 0 atom stereocenters. The third kappa shape index (κ3) is 6.02. The van der Waals surface area contributed by atoms with Gasteiger partial charge in [-0.2, -0.15) is 0 Å². The fraction of sp³-hybridized carbons (Fsp3) is 0. The molecule has 0 aliphatic carbocycles. The Labute approximate surface area is 120 Å². The van der Waals surface area contributed by atoms with E-state index >= 15 is 0 Å². The van der Waals surface area contributed by atoms with Gasteiger partial charge in [0.2, 0.25) is 0 Å². The average molecular weight is 288 g/mol. The van der Waals surface area contributed by atoms with Gasteiger partial charge in [-0.05, 0) is 24.3 Å². The molecule has 0 saturated carbocycles. The lowest BCUT2D eigenvalue weighted by atomic mass is 10.2. The molecule has 0 aliphatic rings. The van der Waals surface area contributed by atoms with Crippen molar-refractivity contribution in [1.29, 1.82) is 0 Å². The van der Waals surface area contributed by atoms with Crippen LogP contribution in [0.1, 0.15) is 20.7 Å². The Kier molecular flexibility index (Phi) is 6.14. The number of carboxylic acid groups (broad SMARTS) is 2. The molecule has 0 aromatic heterocycles. The van der Waals surface area contributed by atoms with Crippen LogP contribution in [0.15, 0.2) is 60.7 Å². The second kappa shape index (κ2) is 8.11. The van der Waals surface area contributed by atoms with Gasteiger partial charge in [0.1, 0.15) is 0 Å². The zero-order chi connectivity index (χ0) is 15.7.